The van der Waals surface area contributed by atoms with Gasteiger partial charge in [0.15, 0.2) is 0 Å². The maximum Gasteiger partial charge on any atom is 0.248 e. The number of hydrogen-bond donors (Lipinski definition) is 0. The average Bonchev–Trinajstić information content (AvgIpc) is 3.33. The molecule has 0 aromatic carbocycles. The highest BCUT2D eigenvalue weighted by Gasteiger charge is 2.43. The van der Waals surface area contributed by atoms with Crippen molar-refractivity contribution in [2.24, 2.45) is 11.8 Å². The molecule has 0 bridgehead atoms. The first-order valence-electron chi connectivity index (χ1n) is 8.37. The summed E-state index contributed by atoms with van der Waals surface area (Å²) < 4.78 is 6.00. The van der Waals surface area contributed by atoms with Gasteiger partial charge in [0.1, 0.15) is 6.61 Å². The van der Waals surface area contributed by atoms with E-state index in [1.807, 2.05) is 0 Å². The molecule has 4 aliphatic rings. The fourth-order valence-corrected chi connectivity index (χ4v) is 3.68. The third-order valence-corrected chi connectivity index (χ3v) is 5.49. The maximum atomic E-state index is 12.0. The standard InChI is InChI=1S/C16H26N2O2/c19-15-11-20-16(12-18(15)10-14-3-4-14)5-7-17(8-6-16)9-13-1-2-13/h13-14H,1-12H2. The second-order valence-electron chi connectivity index (χ2n) is 7.43. The molecule has 20 heavy (non-hydrogen) atoms. The summed E-state index contributed by atoms with van der Waals surface area (Å²) in [4.78, 5) is 16.7. The summed E-state index contributed by atoms with van der Waals surface area (Å²) in [7, 11) is 0. The maximum absolute atomic E-state index is 12.0. The van der Waals surface area contributed by atoms with Crippen LogP contribution in [0.2, 0.25) is 0 Å². The number of nitrogens with zero attached hydrogens (tertiary/aromatic N) is 2. The first-order chi connectivity index (χ1) is 9.72. The van der Waals surface area contributed by atoms with Gasteiger partial charge in [-0.1, -0.05) is 0 Å². The largest absolute Gasteiger partial charge is 0.363 e. The van der Waals surface area contributed by atoms with Crippen molar-refractivity contribution in [3.8, 4) is 0 Å². The van der Waals surface area contributed by atoms with Gasteiger partial charge in [0.25, 0.3) is 0 Å². The molecule has 1 spiro atoms. The molecule has 0 atom stereocenters. The first kappa shape index (κ1) is 13.1. The molecule has 0 unspecified atom stereocenters. The highest BCUT2D eigenvalue weighted by atomic mass is 16.5. The van der Waals surface area contributed by atoms with Crippen LogP contribution in [0.15, 0.2) is 0 Å². The molecule has 0 radical (unpaired) electrons. The summed E-state index contributed by atoms with van der Waals surface area (Å²) in [6.45, 7) is 5.75. The van der Waals surface area contributed by atoms with E-state index in [4.69, 9.17) is 4.74 Å². The number of morpholine rings is 1. The molecule has 2 saturated heterocycles. The Morgan fingerprint density at radius 3 is 2.35 bits per heavy atom. The van der Waals surface area contributed by atoms with E-state index in [9.17, 15) is 4.79 Å². The van der Waals surface area contributed by atoms with Gasteiger partial charge in [-0.3, -0.25) is 4.79 Å². The molecular weight excluding hydrogens is 252 g/mol. The Labute approximate surface area is 121 Å². The fourth-order valence-electron chi connectivity index (χ4n) is 3.68. The van der Waals surface area contributed by atoms with E-state index in [-0.39, 0.29) is 11.5 Å². The molecule has 4 rings (SSSR count). The van der Waals surface area contributed by atoms with Crippen LogP contribution in [0.5, 0.6) is 0 Å². The van der Waals surface area contributed by atoms with Crippen molar-refractivity contribution in [1.82, 2.24) is 9.80 Å². The highest BCUT2D eigenvalue weighted by molar-refractivity contribution is 5.78. The molecule has 2 heterocycles. The van der Waals surface area contributed by atoms with Gasteiger partial charge in [-0.15, -0.1) is 0 Å². The van der Waals surface area contributed by atoms with Crippen LogP contribution < -0.4 is 0 Å². The Kier molecular flexibility index (Phi) is 3.26. The molecule has 0 aromatic rings. The number of rotatable bonds is 4. The lowest BCUT2D eigenvalue weighted by Gasteiger charge is -2.47. The van der Waals surface area contributed by atoms with Crippen molar-refractivity contribution in [2.75, 3.05) is 39.3 Å². The normalized spacial score (nSPS) is 31.0. The van der Waals surface area contributed by atoms with Gasteiger partial charge in [0.05, 0.1) is 5.60 Å². The summed E-state index contributed by atoms with van der Waals surface area (Å²) in [5.41, 5.74) is -0.0249. The molecular formula is C16H26N2O2. The summed E-state index contributed by atoms with van der Waals surface area (Å²) in [5, 5.41) is 0. The van der Waals surface area contributed by atoms with Crippen LogP contribution in [0, 0.1) is 11.8 Å². The molecule has 4 nitrogen and oxygen atoms in total. The number of piperidine rings is 1. The third kappa shape index (κ3) is 2.86. The van der Waals surface area contributed by atoms with Crippen LogP contribution >= 0.6 is 0 Å². The van der Waals surface area contributed by atoms with Crippen molar-refractivity contribution >= 4 is 5.91 Å². The van der Waals surface area contributed by atoms with Gasteiger partial charge >= 0.3 is 0 Å². The minimum atomic E-state index is -0.0249. The van der Waals surface area contributed by atoms with E-state index >= 15 is 0 Å². The number of carbonyl (C=O) groups is 1. The van der Waals surface area contributed by atoms with E-state index in [0.29, 0.717) is 6.61 Å². The molecule has 2 aliphatic heterocycles. The first-order valence-corrected chi connectivity index (χ1v) is 8.37. The second kappa shape index (κ2) is 4.99. The quantitative estimate of drug-likeness (QED) is 0.781. The zero-order chi connectivity index (χ0) is 13.6. The Morgan fingerprint density at radius 1 is 1.05 bits per heavy atom. The van der Waals surface area contributed by atoms with Crippen molar-refractivity contribution in [1.29, 1.82) is 0 Å². The van der Waals surface area contributed by atoms with E-state index < -0.39 is 0 Å². The third-order valence-electron chi connectivity index (χ3n) is 5.49. The smallest absolute Gasteiger partial charge is 0.248 e. The van der Waals surface area contributed by atoms with Gasteiger partial charge in [-0.05, 0) is 50.4 Å². The lowest BCUT2D eigenvalue weighted by Crippen LogP contribution is -2.59. The lowest BCUT2D eigenvalue weighted by atomic mass is 9.89. The molecule has 112 valence electrons. The summed E-state index contributed by atoms with van der Waals surface area (Å²) in [6, 6.07) is 0. The van der Waals surface area contributed by atoms with Gasteiger partial charge in [0, 0.05) is 32.7 Å². The Balaban J connectivity index is 1.33. The Hall–Kier alpha value is -0.610. The van der Waals surface area contributed by atoms with Gasteiger partial charge in [-0.25, -0.2) is 0 Å². The number of hydrogen-bond acceptors (Lipinski definition) is 3. The number of likely N-dealkylation sites (tertiary alicyclic amines) is 1. The minimum Gasteiger partial charge on any atom is -0.363 e. The minimum absolute atomic E-state index is 0.0249. The van der Waals surface area contributed by atoms with E-state index in [1.165, 1.54) is 32.2 Å². The lowest BCUT2D eigenvalue weighted by molar-refractivity contribution is -0.172. The van der Waals surface area contributed by atoms with Crippen molar-refractivity contribution in [3.63, 3.8) is 0 Å². The number of carbonyl (C=O) groups excluding carboxylic acids is 1. The molecule has 2 aliphatic carbocycles. The Bertz CT molecular complexity index is 382. The Morgan fingerprint density at radius 2 is 1.70 bits per heavy atom. The SMILES string of the molecule is O=C1COC2(CCN(CC3CC3)CC2)CN1CC1CC1. The predicted octanol–water partition coefficient (Wildman–Crippen LogP) is 1.50. The van der Waals surface area contributed by atoms with Crippen LogP contribution in [0.4, 0.5) is 0 Å². The van der Waals surface area contributed by atoms with Crippen molar-refractivity contribution < 1.29 is 9.53 Å². The zero-order valence-corrected chi connectivity index (χ0v) is 12.4. The molecule has 4 heteroatoms. The zero-order valence-electron chi connectivity index (χ0n) is 12.4. The topological polar surface area (TPSA) is 32.8 Å². The summed E-state index contributed by atoms with van der Waals surface area (Å²) >= 11 is 0. The van der Waals surface area contributed by atoms with Crippen LogP contribution in [-0.2, 0) is 9.53 Å². The molecule has 0 N–H and O–H groups in total. The monoisotopic (exact) mass is 278 g/mol. The molecule has 4 fully saturated rings. The van der Waals surface area contributed by atoms with E-state index in [1.54, 1.807) is 0 Å². The van der Waals surface area contributed by atoms with Gasteiger partial charge in [0.2, 0.25) is 5.91 Å². The summed E-state index contributed by atoms with van der Waals surface area (Å²) in [5.74, 6) is 1.97. The van der Waals surface area contributed by atoms with Crippen LogP contribution in [-0.4, -0.2) is 60.6 Å². The van der Waals surface area contributed by atoms with Crippen molar-refractivity contribution in [3.05, 3.63) is 0 Å². The van der Waals surface area contributed by atoms with Crippen LogP contribution in [0.25, 0.3) is 0 Å². The predicted molar refractivity (Wildman–Crippen MR) is 76.4 cm³/mol. The van der Waals surface area contributed by atoms with Gasteiger partial charge in [-0.2, -0.15) is 0 Å². The van der Waals surface area contributed by atoms with Crippen molar-refractivity contribution in [2.45, 2.75) is 44.1 Å². The highest BCUT2D eigenvalue weighted by Crippen LogP contribution is 2.36. The number of ether oxygens (including phenoxy) is 1. The fraction of sp³-hybridized carbons (Fsp3) is 0.938. The van der Waals surface area contributed by atoms with Gasteiger partial charge < -0.3 is 14.5 Å². The van der Waals surface area contributed by atoms with Crippen LogP contribution in [0.1, 0.15) is 38.5 Å². The molecule has 1 amide bonds. The van der Waals surface area contributed by atoms with E-state index in [2.05, 4.69) is 9.80 Å². The van der Waals surface area contributed by atoms with E-state index in [0.717, 1.165) is 50.9 Å². The average molecular weight is 278 g/mol. The second-order valence-corrected chi connectivity index (χ2v) is 7.43. The molecule has 2 saturated carbocycles. The summed E-state index contributed by atoms with van der Waals surface area (Å²) in [6.07, 6.45) is 7.70. The van der Waals surface area contributed by atoms with Crippen LogP contribution in [0.3, 0.4) is 0 Å². The number of amides is 1. The molecule has 0 aromatic heterocycles.